The molecule has 1 aliphatic rings. The molecule has 1 aromatic carbocycles. The Morgan fingerprint density at radius 2 is 1.86 bits per heavy atom. The van der Waals surface area contributed by atoms with E-state index in [4.69, 9.17) is 21.1 Å². The van der Waals surface area contributed by atoms with Crippen molar-refractivity contribution in [2.24, 2.45) is 0 Å². The van der Waals surface area contributed by atoms with Crippen molar-refractivity contribution < 1.29 is 19.1 Å². The molecule has 0 atom stereocenters. The van der Waals surface area contributed by atoms with Gasteiger partial charge in [-0.3, -0.25) is 9.69 Å². The molecule has 1 fully saturated rings. The summed E-state index contributed by atoms with van der Waals surface area (Å²) in [5, 5.41) is 7.19. The number of carbonyl (C=O) groups excluding carboxylic acids is 2. The van der Waals surface area contributed by atoms with Crippen LogP contribution in [-0.2, 0) is 15.9 Å². The average Bonchev–Trinajstić information content (AvgIpc) is 3.42. The molecule has 1 amide bonds. The van der Waals surface area contributed by atoms with Crippen LogP contribution in [0.1, 0.15) is 53.8 Å². The van der Waals surface area contributed by atoms with E-state index in [-0.39, 0.29) is 12.2 Å². The van der Waals surface area contributed by atoms with Gasteiger partial charge in [0, 0.05) is 63.4 Å². The van der Waals surface area contributed by atoms with E-state index in [1.54, 1.807) is 12.3 Å². The summed E-state index contributed by atoms with van der Waals surface area (Å²) in [5.74, 6) is 2.13. The molecular formula is C31H42ClN7O4S. The molecule has 3 aromatic rings. The molecule has 1 aliphatic heterocycles. The molecule has 4 rings (SSSR count). The minimum absolute atomic E-state index is 0.0233. The number of rotatable bonds is 13. The summed E-state index contributed by atoms with van der Waals surface area (Å²) in [5.41, 5.74) is 1.34. The standard InChI is InChI=1S/C31H42ClN7O4S/c1-21-8-6-9-24(32)23(21)18-25(40)26-20-34-29(44-26)37-27-19-28(36-22(2)35-27)39-13-11-38(12-14-39)15-17-42-16-7-10-33-30(41)43-31(3,4)5/h6,8-9,19-20H,7,10-18H2,1-5H3,(H,33,41)(H,34,35,36,37). The zero-order valence-electron chi connectivity index (χ0n) is 26.1. The largest absolute Gasteiger partial charge is 0.444 e. The maximum absolute atomic E-state index is 12.9. The van der Waals surface area contributed by atoms with E-state index in [2.05, 4.69) is 35.4 Å². The van der Waals surface area contributed by atoms with Crippen LogP contribution in [0.2, 0.25) is 5.02 Å². The number of nitrogens with one attached hydrogen (secondary N) is 2. The van der Waals surface area contributed by atoms with Gasteiger partial charge in [0.2, 0.25) is 0 Å². The SMILES string of the molecule is Cc1nc(Nc2ncc(C(=O)Cc3c(C)cccc3Cl)s2)cc(N2CCN(CCOCCCNC(=O)OC(C)(C)C)CC2)n1. The van der Waals surface area contributed by atoms with Gasteiger partial charge in [-0.2, -0.15) is 0 Å². The number of ketones is 1. The zero-order chi connectivity index (χ0) is 31.7. The van der Waals surface area contributed by atoms with Crippen molar-refractivity contribution in [1.29, 1.82) is 0 Å². The number of halogens is 1. The number of anilines is 3. The minimum Gasteiger partial charge on any atom is -0.444 e. The highest BCUT2D eigenvalue weighted by atomic mass is 35.5. The van der Waals surface area contributed by atoms with E-state index >= 15 is 0 Å². The molecule has 0 saturated carbocycles. The first kappa shape index (κ1) is 33.6. The van der Waals surface area contributed by atoms with E-state index < -0.39 is 11.7 Å². The van der Waals surface area contributed by atoms with Crippen molar-refractivity contribution in [1.82, 2.24) is 25.2 Å². The van der Waals surface area contributed by atoms with Crippen LogP contribution < -0.4 is 15.5 Å². The maximum Gasteiger partial charge on any atom is 0.407 e. The van der Waals surface area contributed by atoms with Gasteiger partial charge in [0.05, 0.1) is 17.7 Å². The highest BCUT2D eigenvalue weighted by Gasteiger charge is 2.20. The molecule has 0 radical (unpaired) electrons. The lowest BCUT2D eigenvalue weighted by Crippen LogP contribution is -2.47. The lowest BCUT2D eigenvalue weighted by Gasteiger charge is -2.35. The zero-order valence-corrected chi connectivity index (χ0v) is 27.7. The summed E-state index contributed by atoms with van der Waals surface area (Å²) in [4.78, 5) is 43.4. The molecule has 2 aromatic heterocycles. The fourth-order valence-corrected chi connectivity index (χ4v) is 5.71. The number of aromatic nitrogens is 3. The monoisotopic (exact) mass is 643 g/mol. The number of Topliss-reactive ketones (excluding diaryl/α,β-unsaturated/α-hetero) is 1. The molecular weight excluding hydrogens is 602 g/mol. The molecule has 0 aliphatic carbocycles. The van der Waals surface area contributed by atoms with E-state index in [1.807, 2.05) is 52.8 Å². The van der Waals surface area contributed by atoms with Crippen LogP contribution in [0.5, 0.6) is 0 Å². The van der Waals surface area contributed by atoms with Gasteiger partial charge >= 0.3 is 6.09 Å². The minimum atomic E-state index is -0.497. The van der Waals surface area contributed by atoms with Gasteiger partial charge in [0.15, 0.2) is 10.9 Å². The van der Waals surface area contributed by atoms with Gasteiger partial charge in [-0.15, -0.1) is 0 Å². The van der Waals surface area contributed by atoms with Gasteiger partial charge < -0.3 is 25.0 Å². The average molecular weight is 644 g/mol. The van der Waals surface area contributed by atoms with E-state index in [9.17, 15) is 9.59 Å². The van der Waals surface area contributed by atoms with Crippen LogP contribution in [0, 0.1) is 13.8 Å². The van der Waals surface area contributed by atoms with Crippen LogP contribution in [0.15, 0.2) is 30.5 Å². The highest BCUT2D eigenvalue weighted by Crippen LogP contribution is 2.27. The molecule has 11 nitrogen and oxygen atoms in total. The fourth-order valence-electron chi connectivity index (χ4n) is 4.66. The molecule has 13 heteroatoms. The summed E-state index contributed by atoms with van der Waals surface area (Å²) in [6.07, 6.45) is 2.16. The number of benzene rings is 1. The lowest BCUT2D eigenvalue weighted by molar-refractivity contribution is 0.0517. The van der Waals surface area contributed by atoms with Crippen molar-refractivity contribution in [3.05, 3.63) is 57.3 Å². The number of thiazole rings is 1. The quantitative estimate of drug-likeness (QED) is 0.184. The number of piperazine rings is 1. The fraction of sp³-hybridized carbons (Fsp3) is 0.516. The van der Waals surface area contributed by atoms with Gasteiger partial charge in [-0.25, -0.2) is 19.7 Å². The second-order valence-electron chi connectivity index (χ2n) is 11.7. The first-order valence-electron chi connectivity index (χ1n) is 14.8. The van der Waals surface area contributed by atoms with Gasteiger partial charge in [-0.1, -0.05) is 35.1 Å². The predicted molar refractivity (Wildman–Crippen MR) is 175 cm³/mol. The van der Waals surface area contributed by atoms with Crippen LogP contribution in [0.3, 0.4) is 0 Å². The van der Waals surface area contributed by atoms with Crippen molar-refractivity contribution in [3.63, 3.8) is 0 Å². The van der Waals surface area contributed by atoms with E-state index in [0.717, 1.165) is 56.1 Å². The van der Waals surface area contributed by atoms with Crippen molar-refractivity contribution >= 4 is 51.6 Å². The molecule has 2 N–H and O–H groups in total. The number of hydrogen-bond acceptors (Lipinski definition) is 11. The smallest absolute Gasteiger partial charge is 0.407 e. The number of ether oxygens (including phenoxy) is 2. The Hall–Kier alpha value is -3.32. The van der Waals surface area contributed by atoms with Crippen LogP contribution in [0.4, 0.5) is 21.6 Å². The number of amides is 1. The molecule has 0 spiro atoms. The Balaban J connectivity index is 1.19. The summed E-state index contributed by atoms with van der Waals surface area (Å²) >= 11 is 7.62. The van der Waals surface area contributed by atoms with Crippen molar-refractivity contribution in [3.8, 4) is 0 Å². The third-order valence-corrected chi connectivity index (χ3v) is 8.22. The third kappa shape index (κ3) is 10.4. The van der Waals surface area contributed by atoms with Crippen molar-refractivity contribution in [2.45, 2.75) is 53.1 Å². The Morgan fingerprint density at radius 1 is 1.09 bits per heavy atom. The van der Waals surface area contributed by atoms with E-state index in [0.29, 0.717) is 46.4 Å². The number of alkyl carbamates (subject to hydrolysis) is 1. The van der Waals surface area contributed by atoms with Gasteiger partial charge in [0.1, 0.15) is 23.1 Å². The van der Waals surface area contributed by atoms with E-state index in [1.165, 1.54) is 11.3 Å². The number of hydrogen-bond donors (Lipinski definition) is 2. The first-order valence-corrected chi connectivity index (χ1v) is 16.0. The molecule has 3 heterocycles. The summed E-state index contributed by atoms with van der Waals surface area (Å²) in [7, 11) is 0. The number of aryl methyl sites for hydroxylation is 2. The Morgan fingerprint density at radius 3 is 2.59 bits per heavy atom. The number of carbonyl (C=O) groups is 2. The summed E-state index contributed by atoms with van der Waals surface area (Å²) < 4.78 is 11.0. The molecule has 0 bridgehead atoms. The van der Waals surface area contributed by atoms with Crippen LogP contribution in [0.25, 0.3) is 0 Å². The molecule has 1 saturated heterocycles. The molecule has 44 heavy (non-hydrogen) atoms. The lowest BCUT2D eigenvalue weighted by atomic mass is 10.0. The second kappa shape index (κ2) is 15.6. The number of nitrogens with zero attached hydrogens (tertiary/aromatic N) is 5. The van der Waals surface area contributed by atoms with Gasteiger partial charge in [-0.05, 0) is 58.2 Å². The summed E-state index contributed by atoms with van der Waals surface area (Å²) in [6.45, 7) is 15.4. The Kier molecular flexibility index (Phi) is 11.9. The Bertz CT molecular complexity index is 1400. The van der Waals surface area contributed by atoms with Gasteiger partial charge in [0.25, 0.3) is 0 Å². The summed E-state index contributed by atoms with van der Waals surface area (Å²) in [6, 6.07) is 7.57. The van der Waals surface area contributed by atoms with Crippen LogP contribution in [-0.4, -0.2) is 89.8 Å². The predicted octanol–water partition coefficient (Wildman–Crippen LogP) is 5.43. The third-order valence-electron chi connectivity index (χ3n) is 6.91. The molecule has 238 valence electrons. The Labute approximate surface area is 268 Å². The first-order chi connectivity index (χ1) is 21.0. The highest BCUT2D eigenvalue weighted by molar-refractivity contribution is 7.17. The topological polar surface area (TPSA) is 122 Å². The maximum atomic E-state index is 12.9. The molecule has 0 unspecified atom stereocenters. The van der Waals surface area contributed by atoms with Crippen LogP contribution >= 0.6 is 22.9 Å². The van der Waals surface area contributed by atoms with Crippen molar-refractivity contribution in [2.75, 3.05) is 62.7 Å². The second-order valence-corrected chi connectivity index (χ2v) is 13.1. The normalized spacial score (nSPS) is 14.0.